The first-order valence-corrected chi connectivity index (χ1v) is 15.5. The van der Waals surface area contributed by atoms with Crippen LogP contribution in [0.1, 0.15) is 46.8 Å². The largest absolute Gasteiger partial charge is 0.369 e. The van der Waals surface area contributed by atoms with Crippen molar-refractivity contribution < 1.29 is 9.18 Å². The smallest absolute Gasteiger partial charge is 0.265 e. The van der Waals surface area contributed by atoms with E-state index in [2.05, 4.69) is 65.4 Å². The van der Waals surface area contributed by atoms with Crippen LogP contribution in [0.4, 0.5) is 27.3 Å². The number of thiophene rings is 1. The molecule has 1 amide bonds. The Hall–Kier alpha value is -4.28. The standard InChI is InChI=1S/C33H36FN7OS/c1-5-29-25(21(2)3)19-30(43-29)33(42)38-27-18-22(6-11-26(27)34)28-20-41-13-12-35-32(41)31(37-28)36-23-7-9-24(10-8-23)40-16-14-39(4)15-17-40/h6-13,18-21H,5,14-17H2,1-4H3,(H,36,37)(H,38,42). The van der Waals surface area contributed by atoms with E-state index in [0.717, 1.165) is 38.3 Å². The summed E-state index contributed by atoms with van der Waals surface area (Å²) in [5.74, 6) is 0.0744. The highest BCUT2D eigenvalue weighted by molar-refractivity contribution is 7.14. The number of nitrogens with one attached hydrogen (secondary N) is 2. The highest BCUT2D eigenvalue weighted by Crippen LogP contribution is 2.32. The van der Waals surface area contributed by atoms with Crippen LogP contribution in [0.15, 0.2) is 67.1 Å². The number of piperazine rings is 1. The molecule has 1 aliphatic heterocycles. The zero-order valence-electron chi connectivity index (χ0n) is 24.9. The van der Waals surface area contributed by atoms with Crippen LogP contribution in [-0.2, 0) is 6.42 Å². The van der Waals surface area contributed by atoms with Gasteiger partial charge in [0.1, 0.15) is 5.82 Å². The van der Waals surface area contributed by atoms with Gasteiger partial charge in [0.2, 0.25) is 0 Å². The molecule has 0 radical (unpaired) electrons. The van der Waals surface area contributed by atoms with Crippen molar-refractivity contribution in [3.63, 3.8) is 0 Å². The van der Waals surface area contributed by atoms with Crippen molar-refractivity contribution in [3.8, 4) is 11.3 Å². The van der Waals surface area contributed by atoms with Gasteiger partial charge in [-0.05, 0) is 73.5 Å². The molecular weight excluding hydrogens is 561 g/mol. The number of fused-ring (bicyclic) bond motifs is 1. The van der Waals surface area contributed by atoms with Gasteiger partial charge in [0, 0.05) is 66.6 Å². The molecular formula is C33H36FN7OS. The fraction of sp³-hybridized carbons (Fsp3) is 0.303. The minimum absolute atomic E-state index is 0.113. The number of halogens is 1. The first-order valence-electron chi connectivity index (χ1n) is 14.7. The van der Waals surface area contributed by atoms with E-state index in [9.17, 15) is 9.18 Å². The molecule has 2 N–H and O–H groups in total. The Morgan fingerprint density at radius 1 is 1.07 bits per heavy atom. The predicted molar refractivity (Wildman–Crippen MR) is 174 cm³/mol. The van der Waals surface area contributed by atoms with Crippen molar-refractivity contribution in [2.24, 2.45) is 0 Å². The first-order chi connectivity index (χ1) is 20.8. The molecule has 43 heavy (non-hydrogen) atoms. The van der Waals surface area contributed by atoms with Crippen LogP contribution in [0.3, 0.4) is 0 Å². The van der Waals surface area contributed by atoms with Crippen molar-refractivity contribution in [3.05, 3.63) is 88.3 Å². The molecule has 6 rings (SSSR count). The Bertz CT molecular complexity index is 1750. The van der Waals surface area contributed by atoms with Crippen molar-refractivity contribution in [2.45, 2.75) is 33.1 Å². The summed E-state index contributed by atoms with van der Waals surface area (Å²) in [4.78, 5) is 29.0. The molecule has 4 heterocycles. The van der Waals surface area contributed by atoms with Gasteiger partial charge in [0.25, 0.3) is 5.91 Å². The fourth-order valence-electron chi connectivity index (χ4n) is 5.40. The van der Waals surface area contributed by atoms with Crippen molar-refractivity contribution in [1.29, 1.82) is 0 Å². The lowest BCUT2D eigenvalue weighted by molar-refractivity contribution is 0.103. The molecule has 10 heteroatoms. The van der Waals surface area contributed by atoms with Crippen LogP contribution in [-0.4, -0.2) is 58.4 Å². The predicted octanol–water partition coefficient (Wildman–Crippen LogP) is 7.03. The van der Waals surface area contributed by atoms with Crippen LogP contribution in [0.2, 0.25) is 0 Å². The monoisotopic (exact) mass is 597 g/mol. The molecule has 3 aromatic heterocycles. The number of hydrogen-bond donors (Lipinski definition) is 2. The lowest BCUT2D eigenvalue weighted by Crippen LogP contribution is -2.44. The maximum Gasteiger partial charge on any atom is 0.265 e. The summed E-state index contributed by atoms with van der Waals surface area (Å²) in [6, 6.07) is 14.9. The van der Waals surface area contributed by atoms with Crippen LogP contribution in [0.25, 0.3) is 16.9 Å². The van der Waals surface area contributed by atoms with Gasteiger partial charge in [-0.3, -0.25) is 4.79 Å². The topological polar surface area (TPSA) is 77.8 Å². The van der Waals surface area contributed by atoms with Gasteiger partial charge in [-0.2, -0.15) is 0 Å². The number of likely N-dealkylation sites (N-methyl/N-ethyl adjacent to an activating group) is 1. The van der Waals surface area contributed by atoms with E-state index in [1.165, 1.54) is 33.5 Å². The van der Waals surface area contributed by atoms with E-state index in [1.807, 2.05) is 35.0 Å². The third kappa shape index (κ3) is 6.11. The summed E-state index contributed by atoms with van der Waals surface area (Å²) < 4.78 is 16.8. The molecule has 0 atom stereocenters. The third-order valence-electron chi connectivity index (χ3n) is 7.89. The lowest BCUT2D eigenvalue weighted by atomic mass is 10.0. The Balaban J connectivity index is 1.25. The molecule has 2 aromatic carbocycles. The average Bonchev–Trinajstić information content (AvgIpc) is 3.67. The quantitative estimate of drug-likeness (QED) is 0.200. The molecule has 8 nitrogen and oxygen atoms in total. The van der Waals surface area contributed by atoms with Gasteiger partial charge in [0.15, 0.2) is 11.5 Å². The van der Waals surface area contributed by atoms with E-state index in [4.69, 9.17) is 4.98 Å². The van der Waals surface area contributed by atoms with Crippen molar-refractivity contribution in [1.82, 2.24) is 19.3 Å². The van der Waals surface area contributed by atoms with E-state index in [-0.39, 0.29) is 11.6 Å². The highest BCUT2D eigenvalue weighted by atomic mass is 32.1. The summed E-state index contributed by atoms with van der Waals surface area (Å²) in [5.41, 5.74) is 5.32. The summed E-state index contributed by atoms with van der Waals surface area (Å²) in [6.07, 6.45) is 6.28. The fourth-order valence-corrected chi connectivity index (χ4v) is 6.55. The number of aromatic nitrogens is 3. The number of rotatable bonds is 8. The number of aryl methyl sites for hydroxylation is 1. The zero-order valence-corrected chi connectivity index (χ0v) is 25.7. The molecule has 0 unspecified atom stereocenters. The average molecular weight is 598 g/mol. The number of hydrogen-bond acceptors (Lipinski definition) is 7. The summed E-state index contributed by atoms with van der Waals surface area (Å²) in [6.45, 7) is 10.4. The first kappa shape index (κ1) is 28.8. The summed E-state index contributed by atoms with van der Waals surface area (Å²) in [7, 11) is 2.15. The van der Waals surface area contributed by atoms with Crippen LogP contribution in [0.5, 0.6) is 0 Å². The Morgan fingerprint density at radius 2 is 1.84 bits per heavy atom. The number of anilines is 4. The molecule has 1 saturated heterocycles. The normalized spacial score (nSPS) is 14.0. The second-order valence-electron chi connectivity index (χ2n) is 11.2. The number of imidazole rings is 1. The van der Waals surface area contributed by atoms with Crippen molar-refractivity contribution in [2.75, 3.05) is 48.8 Å². The Kier molecular flexibility index (Phi) is 8.14. The summed E-state index contributed by atoms with van der Waals surface area (Å²) >= 11 is 1.47. The SMILES string of the molecule is CCc1sc(C(=O)Nc2cc(-c3cn4ccnc4c(Nc4ccc(N5CCN(C)CC5)cc4)n3)ccc2F)cc1C(C)C. The lowest BCUT2D eigenvalue weighted by Gasteiger charge is -2.34. The Morgan fingerprint density at radius 3 is 2.53 bits per heavy atom. The van der Waals surface area contributed by atoms with Gasteiger partial charge >= 0.3 is 0 Å². The second kappa shape index (κ2) is 12.1. The highest BCUT2D eigenvalue weighted by Gasteiger charge is 2.19. The van der Waals surface area contributed by atoms with Crippen LogP contribution >= 0.6 is 11.3 Å². The molecule has 5 aromatic rings. The molecule has 1 fully saturated rings. The number of carbonyl (C=O) groups is 1. The van der Waals surface area contributed by atoms with Gasteiger partial charge in [-0.1, -0.05) is 20.8 Å². The number of nitrogens with zero attached hydrogens (tertiary/aromatic N) is 5. The summed E-state index contributed by atoms with van der Waals surface area (Å²) in [5, 5.41) is 6.21. The third-order valence-corrected chi connectivity index (χ3v) is 9.19. The van der Waals surface area contributed by atoms with E-state index >= 15 is 0 Å². The van der Waals surface area contributed by atoms with Gasteiger partial charge in [-0.25, -0.2) is 14.4 Å². The Labute approximate surface area is 255 Å². The van der Waals surface area contributed by atoms with E-state index < -0.39 is 5.82 Å². The van der Waals surface area contributed by atoms with Crippen LogP contribution < -0.4 is 15.5 Å². The molecule has 0 aliphatic carbocycles. The molecule has 222 valence electrons. The zero-order chi connectivity index (χ0) is 30.1. The van der Waals surface area contributed by atoms with Crippen LogP contribution in [0, 0.1) is 5.82 Å². The van der Waals surface area contributed by atoms with Gasteiger partial charge in [-0.15, -0.1) is 11.3 Å². The maximum atomic E-state index is 14.9. The van der Waals surface area contributed by atoms with Gasteiger partial charge in [0.05, 0.1) is 16.3 Å². The number of benzene rings is 2. The molecule has 0 spiro atoms. The van der Waals surface area contributed by atoms with E-state index in [0.29, 0.717) is 33.5 Å². The van der Waals surface area contributed by atoms with E-state index in [1.54, 1.807) is 18.3 Å². The second-order valence-corrected chi connectivity index (χ2v) is 12.4. The maximum absolute atomic E-state index is 14.9. The van der Waals surface area contributed by atoms with Gasteiger partial charge < -0.3 is 24.8 Å². The minimum Gasteiger partial charge on any atom is -0.369 e. The molecule has 0 bridgehead atoms. The molecule has 0 saturated carbocycles. The minimum atomic E-state index is -0.504. The molecule has 1 aliphatic rings. The van der Waals surface area contributed by atoms with Crippen molar-refractivity contribution >= 4 is 45.8 Å². The number of carbonyl (C=O) groups excluding carboxylic acids is 1. The number of amides is 1.